The molecule has 22 heavy (non-hydrogen) atoms. The number of fused-ring (bicyclic) bond motifs is 1. The second-order valence-corrected chi connectivity index (χ2v) is 5.42. The van der Waals surface area contributed by atoms with Crippen LogP contribution in [0, 0.1) is 0 Å². The van der Waals surface area contributed by atoms with E-state index < -0.39 is 0 Å². The predicted octanol–water partition coefficient (Wildman–Crippen LogP) is 0.346. The number of likely N-dealkylation sites (tertiary alicyclic amines) is 1. The molecule has 2 amide bonds. The monoisotopic (exact) mass is 305 g/mol. The highest BCUT2D eigenvalue weighted by molar-refractivity contribution is 5.95. The van der Waals surface area contributed by atoms with E-state index in [1.165, 1.54) is 0 Å². The second-order valence-electron chi connectivity index (χ2n) is 5.42. The van der Waals surface area contributed by atoms with Crippen LogP contribution >= 0.6 is 0 Å². The zero-order valence-corrected chi connectivity index (χ0v) is 12.2. The number of carbonyl (C=O) groups excluding carboxylic acids is 2. The first-order chi connectivity index (χ1) is 10.7. The molecule has 1 unspecified atom stereocenters. The molecule has 2 heterocycles. The molecular formula is C15H19N3O4. The number of nitrogens with one attached hydrogen (secondary N) is 1. The number of nitrogens with zero attached hydrogens (tertiary/aromatic N) is 1. The van der Waals surface area contributed by atoms with Gasteiger partial charge in [0, 0.05) is 12.6 Å². The normalized spacial score (nSPS) is 20.7. The molecule has 118 valence electrons. The van der Waals surface area contributed by atoms with E-state index in [4.69, 9.17) is 15.2 Å². The van der Waals surface area contributed by atoms with Crippen LogP contribution in [0.5, 0.6) is 11.5 Å². The van der Waals surface area contributed by atoms with E-state index in [1.54, 1.807) is 23.1 Å². The van der Waals surface area contributed by atoms with Gasteiger partial charge in [-0.15, -0.1) is 0 Å². The molecule has 1 aromatic carbocycles. The number of nitrogens with two attached hydrogens (primary N) is 1. The maximum absolute atomic E-state index is 11.7. The average molecular weight is 305 g/mol. The molecule has 0 bridgehead atoms. The van der Waals surface area contributed by atoms with Gasteiger partial charge in [-0.3, -0.25) is 9.59 Å². The molecule has 3 rings (SSSR count). The minimum absolute atomic E-state index is 0.0126. The second kappa shape index (κ2) is 6.23. The van der Waals surface area contributed by atoms with Crippen molar-refractivity contribution in [2.75, 3.05) is 31.6 Å². The standard InChI is InChI=1S/C15H19N3O4/c16-7-15(20)18-5-1-2-11(8-18)22-10-3-4-12-13(6-10)21-9-14(19)17-12/h3-4,6,11H,1-2,5,7-9,16H2,(H,17,19). The smallest absolute Gasteiger partial charge is 0.262 e. The summed E-state index contributed by atoms with van der Waals surface area (Å²) in [4.78, 5) is 24.7. The summed E-state index contributed by atoms with van der Waals surface area (Å²) in [6.45, 7) is 1.32. The fraction of sp³-hybridized carbons (Fsp3) is 0.467. The Labute approximate surface area is 128 Å². The highest BCUT2D eigenvalue weighted by atomic mass is 16.5. The molecule has 0 saturated carbocycles. The average Bonchev–Trinajstić information content (AvgIpc) is 2.54. The van der Waals surface area contributed by atoms with Gasteiger partial charge in [0.2, 0.25) is 5.91 Å². The fourth-order valence-electron chi connectivity index (χ4n) is 2.71. The van der Waals surface area contributed by atoms with E-state index in [2.05, 4.69) is 5.32 Å². The van der Waals surface area contributed by atoms with E-state index in [1.807, 2.05) is 0 Å². The van der Waals surface area contributed by atoms with Crippen LogP contribution < -0.4 is 20.5 Å². The summed E-state index contributed by atoms with van der Waals surface area (Å²) in [5.74, 6) is 1.05. The van der Waals surface area contributed by atoms with Crippen LogP contribution in [-0.4, -0.2) is 49.1 Å². The molecule has 3 N–H and O–H groups in total. The van der Waals surface area contributed by atoms with Crippen LogP contribution in [0.15, 0.2) is 18.2 Å². The van der Waals surface area contributed by atoms with Gasteiger partial charge < -0.3 is 25.4 Å². The Balaban J connectivity index is 1.66. The summed E-state index contributed by atoms with van der Waals surface area (Å²) in [5.41, 5.74) is 6.05. The van der Waals surface area contributed by atoms with Crippen molar-refractivity contribution in [3.63, 3.8) is 0 Å². The molecule has 1 saturated heterocycles. The number of rotatable bonds is 3. The van der Waals surface area contributed by atoms with Crippen molar-refractivity contribution in [3.8, 4) is 11.5 Å². The molecule has 0 aromatic heterocycles. The summed E-state index contributed by atoms with van der Waals surface area (Å²) in [6, 6.07) is 5.31. The van der Waals surface area contributed by atoms with Crippen LogP contribution in [0.1, 0.15) is 12.8 Å². The lowest BCUT2D eigenvalue weighted by molar-refractivity contribution is -0.132. The van der Waals surface area contributed by atoms with Gasteiger partial charge in [0.05, 0.1) is 18.8 Å². The highest BCUT2D eigenvalue weighted by Gasteiger charge is 2.24. The maximum Gasteiger partial charge on any atom is 0.262 e. The van der Waals surface area contributed by atoms with E-state index in [9.17, 15) is 9.59 Å². The number of benzene rings is 1. The third-order valence-electron chi connectivity index (χ3n) is 3.79. The third-order valence-corrected chi connectivity index (χ3v) is 3.79. The number of amides is 2. The number of ether oxygens (including phenoxy) is 2. The quantitative estimate of drug-likeness (QED) is 0.840. The van der Waals surface area contributed by atoms with Crippen molar-refractivity contribution < 1.29 is 19.1 Å². The van der Waals surface area contributed by atoms with Crippen molar-refractivity contribution in [2.45, 2.75) is 18.9 Å². The van der Waals surface area contributed by atoms with Crippen LogP contribution in [0.3, 0.4) is 0 Å². The first kappa shape index (κ1) is 14.6. The predicted molar refractivity (Wildman–Crippen MR) is 79.9 cm³/mol. The van der Waals surface area contributed by atoms with Gasteiger partial charge in [0.25, 0.3) is 5.91 Å². The number of carbonyl (C=O) groups is 2. The lowest BCUT2D eigenvalue weighted by atomic mass is 10.1. The summed E-state index contributed by atoms with van der Waals surface area (Å²) >= 11 is 0. The molecule has 0 spiro atoms. The molecular weight excluding hydrogens is 286 g/mol. The van der Waals surface area contributed by atoms with Crippen LogP contribution in [-0.2, 0) is 9.59 Å². The Morgan fingerprint density at radius 1 is 1.50 bits per heavy atom. The summed E-state index contributed by atoms with van der Waals surface area (Å²) in [7, 11) is 0. The Hall–Kier alpha value is -2.28. The van der Waals surface area contributed by atoms with E-state index in [-0.39, 0.29) is 31.1 Å². The summed E-state index contributed by atoms with van der Waals surface area (Å²) in [5, 5.41) is 2.73. The Bertz CT molecular complexity index is 590. The lowest BCUT2D eigenvalue weighted by Crippen LogP contribution is -2.46. The molecule has 7 heteroatoms. The van der Waals surface area contributed by atoms with E-state index in [0.29, 0.717) is 23.7 Å². The molecule has 1 fully saturated rings. The minimum Gasteiger partial charge on any atom is -0.488 e. The van der Waals surface area contributed by atoms with Crippen molar-refractivity contribution in [1.82, 2.24) is 4.90 Å². The van der Waals surface area contributed by atoms with E-state index >= 15 is 0 Å². The minimum atomic E-state index is -0.163. The van der Waals surface area contributed by atoms with Crippen molar-refractivity contribution in [2.24, 2.45) is 5.73 Å². The first-order valence-corrected chi connectivity index (χ1v) is 7.37. The van der Waals surface area contributed by atoms with E-state index in [0.717, 1.165) is 19.4 Å². The summed E-state index contributed by atoms with van der Waals surface area (Å²) in [6.07, 6.45) is 1.73. The number of hydrogen-bond donors (Lipinski definition) is 2. The lowest BCUT2D eigenvalue weighted by Gasteiger charge is -2.33. The van der Waals surface area contributed by atoms with Gasteiger partial charge in [0.15, 0.2) is 6.61 Å². The SMILES string of the molecule is NCC(=O)N1CCCC(Oc2ccc3c(c2)OCC(=O)N3)C1. The number of piperidine rings is 1. The van der Waals surface area contributed by atoms with Crippen LogP contribution in [0.25, 0.3) is 0 Å². The zero-order valence-electron chi connectivity index (χ0n) is 12.2. The largest absolute Gasteiger partial charge is 0.488 e. The first-order valence-electron chi connectivity index (χ1n) is 7.37. The molecule has 1 aromatic rings. The van der Waals surface area contributed by atoms with Gasteiger partial charge in [-0.25, -0.2) is 0 Å². The molecule has 0 aliphatic carbocycles. The molecule has 0 radical (unpaired) electrons. The Morgan fingerprint density at radius 2 is 2.36 bits per heavy atom. The van der Waals surface area contributed by atoms with Crippen LogP contribution in [0.4, 0.5) is 5.69 Å². The Morgan fingerprint density at radius 3 is 3.18 bits per heavy atom. The van der Waals surface area contributed by atoms with Gasteiger partial charge >= 0.3 is 0 Å². The third kappa shape index (κ3) is 3.14. The van der Waals surface area contributed by atoms with Crippen LogP contribution in [0.2, 0.25) is 0 Å². The van der Waals surface area contributed by atoms with Gasteiger partial charge in [-0.1, -0.05) is 0 Å². The molecule has 2 aliphatic rings. The molecule has 7 nitrogen and oxygen atoms in total. The number of hydrogen-bond acceptors (Lipinski definition) is 5. The van der Waals surface area contributed by atoms with Crippen molar-refractivity contribution in [1.29, 1.82) is 0 Å². The maximum atomic E-state index is 11.7. The number of anilines is 1. The van der Waals surface area contributed by atoms with Crippen molar-refractivity contribution >= 4 is 17.5 Å². The molecule has 1 atom stereocenters. The van der Waals surface area contributed by atoms with Gasteiger partial charge in [0.1, 0.15) is 17.6 Å². The summed E-state index contributed by atoms with van der Waals surface area (Å²) < 4.78 is 11.3. The molecule has 2 aliphatic heterocycles. The topological polar surface area (TPSA) is 93.9 Å². The van der Waals surface area contributed by atoms with Gasteiger partial charge in [-0.2, -0.15) is 0 Å². The fourth-order valence-corrected chi connectivity index (χ4v) is 2.71. The van der Waals surface area contributed by atoms with Gasteiger partial charge in [-0.05, 0) is 25.0 Å². The van der Waals surface area contributed by atoms with Crippen molar-refractivity contribution in [3.05, 3.63) is 18.2 Å². The zero-order chi connectivity index (χ0) is 15.5. The Kier molecular flexibility index (Phi) is 4.15. The highest BCUT2D eigenvalue weighted by Crippen LogP contribution is 2.32.